The molecule has 3 fully saturated rings. The molecule has 2 aliphatic carbocycles. The summed E-state index contributed by atoms with van der Waals surface area (Å²) in [5.74, 6) is 0.717. The van der Waals surface area contributed by atoms with Gasteiger partial charge in [-0.3, -0.25) is 4.90 Å². The van der Waals surface area contributed by atoms with Gasteiger partial charge in [-0.05, 0) is 57.4 Å². The highest BCUT2D eigenvalue weighted by molar-refractivity contribution is 5.06. The second-order valence-electron chi connectivity index (χ2n) is 7.39. The Balaban J connectivity index is 1.69. The zero-order valence-electron chi connectivity index (χ0n) is 13.1. The lowest BCUT2D eigenvalue weighted by atomic mass is 9.91. The van der Waals surface area contributed by atoms with Crippen molar-refractivity contribution in [1.82, 2.24) is 10.2 Å². The average molecular weight is 280 g/mol. The zero-order chi connectivity index (χ0) is 14.0. The van der Waals surface area contributed by atoms with Crippen LogP contribution in [0.3, 0.4) is 0 Å². The predicted octanol–water partition coefficient (Wildman–Crippen LogP) is 2.53. The lowest BCUT2D eigenvalue weighted by molar-refractivity contribution is 0.0681. The van der Waals surface area contributed by atoms with Crippen molar-refractivity contribution >= 4 is 0 Å². The van der Waals surface area contributed by atoms with Crippen molar-refractivity contribution in [2.45, 2.75) is 82.3 Å². The molecule has 0 aromatic rings. The van der Waals surface area contributed by atoms with Gasteiger partial charge in [0.05, 0.1) is 12.1 Å². The Kier molecular flexibility index (Phi) is 4.68. The van der Waals surface area contributed by atoms with Gasteiger partial charge in [0.2, 0.25) is 0 Å². The fraction of sp³-hybridized carbons (Fsp3) is 1.00. The molecular formula is C17H32N2O. The molecule has 2 N–H and O–H groups in total. The molecule has 2 atom stereocenters. The van der Waals surface area contributed by atoms with Crippen molar-refractivity contribution < 1.29 is 5.11 Å². The summed E-state index contributed by atoms with van der Waals surface area (Å²) >= 11 is 0. The molecule has 0 bridgehead atoms. The van der Waals surface area contributed by atoms with Gasteiger partial charge < -0.3 is 10.4 Å². The number of nitrogens with zero attached hydrogens (tertiary/aromatic N) is 1. The number of aliphatic hydroxyl groups excluding tert-OH is 1. The van der Waals surface area contributed by atoms with Gasteiger partial charge in [-0.25, -0.2) is 0 Å². The molecule has 2 unspecified atom stereocenters. The van der Waals surface area contributed by atoms with Gasteiger partial charge in [0, 0.05) is 18.6 Å². The van der Waals surface area contributed by atoms with E-state index in [0.717, 1.165) is 12.6 Å². The fourth-order valence-corrected chi connectivity index (χ4v) is 4.06. The van der Waals surface area contributed by atoms with Gasteiger partial charge in [0.1, 0.15) is 0 Å². The van der Waals surface area contributed by atoms with Crippen LogP contribution in [-0.4, -0.2) is 47.3 Å². The van der Waals surface area contributed by atoms with E-state index in [1.54, 1.807) is 0 Å². The summed E-state index contributed by atoms with van der Waals surface area (Å²) in [7, 11) is 0. The normalized spacial score (nSPS) is 31.8. The topological polar surface area (TPSA) is 35.5 Å². The van der Waals surface area contributed by atoms with Gasteiger partial charge >= 0.3 is 0 Å². The number of nitrogens with one attached hydrogen (secondary N) is 1. The highest BCUT2D eigenvalue weighted by Gasteiger charge is 2.48. The van der Waals surface area contributed by atoms with Gasteiger partial charge in [0.15, 0.2) is 0 Å². The summed E-state index contributed by atoms with van der Waals surface area (Å²) in [4.78, 5) is 2.71. The van der Waals surface area contributed by atoms with Crippen LogP contribution in [0.1, 0.15) is 64.7 Å². The molecule has 0 aromatic carbocycles. The number of hydrogen-bond acceptors (Lipinski definition) is 3. The summed E-state index contributed by atoms with van der Waals surface area (Å²) in [6.07, 6.45) is 12.0. The third-order valence-electron chi connectivity index (χ3n) is 5.67. The maximum Gasteiger partial charge on any atom is 0.0628 e. The number of likely N-dealkylation sites (tertiary alicyclic amines) is 1. The average Bonchev–Trinajstić information content (AvgIpc) is 3.31. The summed E-state index contributed by atoms with van der Waals surface area (Å²) in [6, 6.07) is 1.43. The third-order valence-corrected chi connectivity index (χ3v) is 5.67. The third kappa shape index (κ3) is 3.37. The van der Waals surface area contributed by atoms with Gasteiger partial charge in [0.25, 0.3) is 0 Å². The Labute approximate surface area is 124 Å². The summed E-state index contributed by atoms with van der Waals surface area (Å²) in [5, 5.41) is 14.0. The van der Waals surface area contributed by atoms with Crippen molar-refractivity contribution in [3.63, 3.8) is 0 Å². The van der Waals surface area contributed by atoms with Crippen molar-refractivity contribution in [2.75, 3.05) is 19.7 Å². The first-order valence-corrected chi connectivity index (χ1v) is 8.90. The zero-order valence-corrected chi connectivity index (χ0v) is 13.1. The van der Waals surface area contributed by atoms with E-state index in [4.69, 9.17) is 0 Å². The van der Waals surface area contributed by atoms with E-state index in [1.807, 2.05) is 0 Å². The SMILES string of the molecule is CCC1CCCCCN1CC(CO)(NC1CC1)C1CC1. The largest absolute Gasteiger partial charge is 0.394 e. The quantitative estimate of drug-likeness (QED) is 0.752. The highest BCUT2D eigenvalue weighted by atomic mass is 16.3. The maximum atomic E-state index is 10.1. The minimum Gasteiger partial charge on any atom is -0.394 e. The number of hydrogen-bond donors (Lipinski definition) is 2. The molecule has 3 heteroatoms. The van der Waals surface area contributed by atoms with E-state index in [-0.39, 0.29) is 5.54 Å². The lowest BCUT2D eigenvalue weighted by Gasteiger charge is -2.41. The van der Waals surface area contributed by atoms with Gasteiger partial charge in [-0.2, -0.15) is 0 Å². The van der Waals surface area contributed by atoms with Crippen molar-refractivity contribution in [2.24, 2.45) is 5.92 Å². The van der Waals surface area contributed by atoms with Crippen molar-refractivity contribution in [3.05, 3.63) is 0 Å². The summed E-state index contributed by atoms with van der Waals surface area (Å²) in [6.45, 7) is 4.96. The molecule has 1 aliphatic heterocycles. The first-order valence-electron chi connectivity index (χ1n) is 8.90. The van der Waals surface area contributed by atoms with Crippen LogP contribution < -0.4 is 5.32 Å². The molecule has 1 heterocycles. The van der Waals surface area contributed by atoms with E-state index < -0.39 is 0 Å². The standard InChI is InChI=1S/C17H32N2O/c1-2-16-6-4-3-5-11-19(16)12-17(13-20,14-7-8-14)18-15-9-10-15/h14-16,18,20H,2-13H2,1H3. The molecule has 1 saturated heterocycles. The first kappa shape index (κ1) is 14.8. The second-order valence-corrected chi connectivity index (χ2v) is 7.39. The van der Waals surface area contributed by atoms with Crippen molar-refractivity contribution in [3.8, 4) is 0 Å². The van der Waals surface area contributed by atoms with E-state index in [1.165, 1.54) is 64.3 Å². The molecule has 3 aliphatic rings. The predicted molar refractivity (Wildman–Crippen MR) is 82.8 cm³/mol. The Morgan fingerprint density at radius 2 is 1.90 bits per heavy atom. The van der Waals surface area contributed by atoms with Crippen LogP contribution >= 0.6 is 0 Å². The van der Waals surface area contributed by atoms with E-state index in [2.05, 4.69) is 17.1 Å². The molecule has 3 rings (SSSR count). The Morgan fingerprint density at radius 3 is 2.50 bits per heavy atom. The van der Waals surface area contributed by atoms with Crippen LogP contribution in [0.2, 0.25) is 0 Å². The summed E-state index contributed by atoms with van der Waals surface area (Å²) < 4.78 is 0. The maximum absolute atomic E-state index is 10.1. The minimum atomic E-state index is -0.00106. The van der Waals surface area contributed by atoms with Crippen molar-refractivity contribution in [1.29, 1.82) is 0 Å². The van der Waals surface area contributed by atoms with Crippen LogP contribution in [0.4, 0.5) is 0 Å². The van der Waals surface area contributed by atoms with Crippen LogP contribution in [0, 0.1) is 5.92 Å². The smallest absolute Gasteiger partial charge is 0.0628 e. The Bertz CT molecular complexity index is 314. The van der Waals surface area contributed by atoms with E-state index in [0.29, 0.717) is 18.6 Å². The monoisotopic (exact) mass is 280 g/mol. The second kappa shape index (κ2) is 6.33. The molecule has 0 radical (unpaired) electrons. The first-order chi connectivity index (χ1) is 9.77. The van der Waals surface area contributed by atoms with Crippen LogP contribution in [0.5, 0.6) is 0 Å². The van der Waals surface area contributed by atoms with Gasteiger partial charge in [-0.15, -0.1) is 0 Å². The molecule has 2 saturated carbocycles. The number of aliphatic hydroxyl groups is 1. The van der Waals surface area contributed by atoms with E-state index in [9.17, 15) is 5.11 Å². The Hall–Kier alpha value is -0.120. The molecule has 3 nitrogen and oxygen atoms in total. The fourth-order valence-electron chi connectivity index (χ4n) is 4.06. The molecule has 116 valence electrons. The Morgan fingerprint density at radius 1 is 1.10 bits per heavy atom. The minimum absolute atomic E-state index is 0.00106. The van der Waals surface area contributed by atoms with Crippen LogP contribution in [0.15, 0.2) is 0 Å². The van der Waals surface area contributed by atoms with E-state index >= 15 is 0 Å². The van der Waals surface area contributed by atoms with Gasteiger partial charge in [-0.1, -0.05) is 19.8 Å². The summed E-state index contributed by atoms with van der Waals surface area (Å²) in [5.41, 5.74) is -0.00106. The molecule has 0 aromatic heterocycles. The molecular weight excluding hydrogens is 248 g/mol. The van der Waals surface area contributed by atoms with Crippen LogP contribution in [0.25, 0.3) is 0 Å². The molecule has 0 amide bonds. The van der Waals surface area contributed by atoms with Crippen LogP contribution in [-0.2, 0) is 0 Å². The lowest BCUT2D eigenvalue weighted by Crippen LogP contribution is -2.60. The number of rotatable bonds is 7. The molecule has 20 heavy (non-hydrogen) atoms. The molecule has 0 spiro atoms. The highest BCUT2D eigenvalue weighted by Crippen LogP contribution is 2.42.